The summed E-state index contributed by atoms with van der Waals surface area (Å²) >= 11 is 1.69. The zero-order valence-electron chi connectivity index (χ0n) is 10.5. The molecule has 0 aliphatic rings. The van der Waals surface area contributed by atoms with Gasteiger partial charge in [-0.05, 0) is 37.4 Å². The van der Waals surface area contributed by atoms with E-state index >= 15 is 0 Å². The van der Waals surface area contributed by atoms with Gasteiger partial charge in [-0.25, -0.2) is 0 Å². The van der Waals surface area contributed by atoms with Gasteiger partial charge in [0.2, 0.25) is 5.69 Å². The Labute approximate surface area is 112 Å². The number of thioether (sulfide) groups is 1. The number of para-hydroxylation sites is 1. The molecule has 2 aromatic rings. The SMILES string of the molecule is CSc1ccc(C=[N+]([O-])c2ccccc2C)cc1. The van der Waals surface area contributed by atoms with Crippen LogP contribution in [0, 0.1) is 12.1 Å². The van der Waals surface area contributed by atoms with E-state index in [2.05, 4.69) is 0 Å². The maximum Gasteiger partial charge on any atom is 0.219 e. The molecule has 3 heteroatoms. The quantitative estimate of drug-likeness (QED) is 0.273. The van der Waals surface area contributed by atoms with Crippen molar-refractivity contribution >= 4 is 23.7 Å². The number of hydrogen-bond acceptors (Lipinski definition) is 2. The number of hydrogen-bond donors (Lipinski definition) is 0. The minimum absolute atomic E-state index is 0.687. The van der Waals surface area contributed by atoms with Gasteiger partial charge < -0.3 is 5.21 Å². The maximum absolute atomic E-state index is 12.0. The topological polar surface area (TPSA) is 26.1 Å². The van der Waals surface area contributed by atoms with Crippen molar-refractivity contribution in [1.82, 2.24) is 0 Å². The molecule has 0 saturated heterocycles. The molecule has 0 aliphatic heterocycles. The standard InChI is InChI=1S/C15H15NOS/c1-12-5-3-4-6-15(12)16(17)11-13-7-9-14(18-2)10-8-13/h3-11H,1-2H3. The van der Waals surface area contributed by atoms with Crippen LogP contribution >= 0.6 is 11.8 Å². The molecule has 0 amide bonds. The average Bonchev–Trinajstić information content (AvgIpc) is 2.40. The molecule has 2 aromatic carbocycles. The summed E-state index contributed by atoms with van der Waals surface area (Å²) in [7, 11) is 0. The molecular weight excluding hydrogens is 242 g/mol. The fraction of sp³-hybridized carbons (Fsp3) is 0.133. The summed E-state index contributed by atoms with van der Waals surface area (Å²) in [5.74, 6) is 0. The summed E-state index contributed by atoms with van der Waals surface area (Å²) in [4.78, 5) is 1.19. The summed E-state index contributed by atoms with van der Waals surface area (Å²) in [5, 5.41) is 12.0. The van der Waals surface area contributed by atoms with Crippen molar-refractivity contribution in [3.8, 4) is 0 Å². The van der Waals surface area contributed by atoms with E-state index in [4.69, 9.17) is 0 Å². The monoisotopic (exact) mass is 257 g/mol. The maximum atomic E-state index is 12.0. The Morgan fingerprint density at radius 2 is 1.72 bits per heavy atom. The van der Waals surface area contributed by atoms with Gasteiger partial charge in [-0.3, -0.25) is 0 Å². The lowest BCUT2D eigenvalue weighted by Crippen LogP contribution is -2.00. The third kappa shape index (κ3) is 2.93. The van der Waals surface area contributed by atoms with Crippen LogP contribution in [-0.2, 0) is 0 Å². The Hall–Kier alpha value is -1.74. The molecular formula is C15H15NOS. The highest BCUT2D eigenvalue weighted by Crippen LogP contribution is 2.17. The third-order valence-corrected chi connectivity index (χ3v) is 3.48. The van der Waals surface area contributed by atoms with Crippen molar-refractivity contribution < 1.29 is 4.74 Å². The molecule has 0 heterocycles. The van der Waals surface area contributed by atoms with Crippen molar-refractivity contribution in [3.05, 3.63) is 64.9 Å². The van der Waals surface area contributed by atoms with Gasteiger partial charge in [0, 0.05) is 22.1 Å². The number of aryl methyl sites for hydroxylation is 1. The van der Waals surface area contributed by atoms with E-state index in [1.807, 2.05) is 61.7 Å². The van der Waals surface area contributed by atoms with Gasteiger partial charge in [-0.15, -0.1) is 11.8 Å². The van der Waals surface area contributed by atoms with E-state index in [1.54, 1.807) is 18.0 Å². The lowest BCUT2D eigenvalue weighted by molar-refractivity contribution is -0.355. The fourth-order valence-corrected chi connectivity index (χ4v) is 2.11. The first-order valence-electron chi connectivity index (χ1n) is 5.71. The molecule has 0 saturated carbocycles. The zero-order chi connectivity index (χ0) is 13.0. The van der Waals surface area contributed by atoms with Gasteiger partial charge in [-0.2, -0.15) is 4.74 Å². The van der Waals surface area contributed by atoms with Crippen LogP contribution in [0.15, 0.2) is 53.4 Å². The number of rotatable bonds is 3. The second kappa shape index (κ2) is 5.74. The van der Waals surface area contributed by atoms with Gasteiger partial charge in [0.05, 0.1) is 0 Å². The van der Waals surface area contributed by atoms with Crippen LogP contribution in [-0.4, -0.2) is 17.2 Å². The molecule has 0 unspecified atom stereocenters. The second-order valence-corrected chi connectivity index (χ2v) is 4.89. The van der Waals surface area contributed by atoms with Crippen molar-refractivity contribution in [1.29, 1.82) is 0 Å². The first-order chi connectivity index (χ1) is 8.70. The normalized spacial score (nSPS) is 11.6. The van der Waals surface area contributed by atoms with Gasteiger partial charge >= 0.3 is 0 Å². The molecule has 18 heavy (non-hydrogen) atoms. The predicted octanol–water partition coefficient (Wildman–Crippen LogP) is 3.98. The first kappa shape index (κ1) is 12.7. The van der Waals surface area contributed by atoms with Crippen LogP contribution in [0.5, 0.6) is 0 Å². The fourth-order valence-electron chi connectivity index (χ4n) is 1.71. The number of benzene rings is 2. The Morgan fingerprint density at radius 1 is 1.06 bits per heavy atom. The average molecular weight is 257 g/mol. The van der Waals surface area contributed by atoms with E-state index < -0.39 is 0 Å². The first-order valence-corrected chi connectivity index (χ1v) is 6.94. The molecule has 0 bridgehead atoms. The molecule has 2 nitrogen and oxygen atoms in total. The molecule has 92 valence electrons. The van der Waals surface area contributed by atoms with Gasteiger partial charge in [0.1, 0.15) is 0 Å². The summed E-state index contributed by atoms with van der Waals surface area (Å²) in [6.07, 6.45) is 3.64. The smallest absolute Gasteiger partial charge is 0.219 e. The predicted molar refractivity (Wildman–Crippen MR) is 77.9 cm³/mol. The molecule has 0 N–H and O–H groups in total. The Kier molecular flexibility index (Phi) is 4.05. The van der Waals surface area contributed by atoms with Crippen molar-refractivity contribution in [2.45, 2.75) is 11.8 Å². The van der Waals surface area contributed by atoms with Crippen LogP contribution in [0.1, 0.15) is 11.1 Å². The highest BCUT2D eigenvalue weighted by Gasteiger charge is 2.04. The Bertz CT molecular complexity index is 561. The molecule has 0 spiro atoms. The molecule has 0 aliphatic carbocycles. The van der Waals surface area contributed by atoms with Crippen molar-refractivity contribution in [3.63, 3.8) is 0 Å². The van der Waals surface area contributed by atoms with Crippen LogP contribution < -0.4 is 0 Å². The van der Waals surface area contributed by atoms with Crippen molar-refractivity contribution in [2.24, 2.45) is 0 Å². The second-order valence-electron chi connectivity index (χ2n) is 4.01. The third-order valence-electron chi connectivity index (χ3n) is 2.74. The van der Waals surface area contributed by atoms with Crippen molar-refractivity contribution in [2.75, 3.05) is 6.26 Å². The highest BCUT2D eigenvalue weighted by atomic mass is 32.2. The summed E-state index contributed by atoms with van der Waals surface area (Å²) in [5.41, 5.74) is 2.57. The van der Waals surface area contributed by atoms with Crippen LogP contribution in [0.2, 0.25) is 0 Å². The summed E-state index contributed by atoms with van der Waals surface area (Å²) in [6.45, 7) is 1.94. The minimum Gasteiger partial charge on any atom is -0.618 e. The molecule has 0 radical (unpaired) electrons. The summed E-state index contributed by atoms with van der Waals surface area (Å²) in [6, 6.07) is 15.5. The Balaban J connectivity index is 2.29. The lowest BCUT2D eigenvalue weighted by Gasteiger charge is -2.05. The van der Waals surface area contributed by atoms with Crippen LogP contribution in [0.4, 0.5) is 5.69 Å². The van der Waals surface area contributed by atoms with E-state index in [-0.39, 0.29) is 0 Å². The largest absolute Gasteiger partial charge is 0.618 e. The molecule has 0 aromatic heterocycles. The van der Waals surface area contributed by atoms with Crippen LogP contribution in [0.25, 0.3) is 0 Å². The van der Waals surface area contributed by atoms with E-state index in [0.717, 1.165) is 15.9 Å². The van der Waals surface area contributed by atoms with Gasteiger partial charge in [0.25, 0.3) is 0 Å². The lowest BCUT2D eigenvalue weighted by atomic mass is 10.2. The summed E-state index contributed by atoms with van der Waals surface area (Å²) < 4.78 is 0.920. The van der Waals surface area contributed by atoms with Gasteiger partial charge in [-0.1, -0.05) is 18.2 Å². The molecule has 2 rings (SSSR count). The number of nitrogens with zero attached hydrogens (tertiary/aromatic N) is 1. The van der Waals surface area contributed by atoms with E-state index in [1.165, 1.54) is 4.90 Å². The molecule has 0 fully saturated rings. The highest BCUT2D eigenvalue weighted by molar-refractivity contribution is 7.98. The van der Waals surface area contributed by atoms with E-state index in [0.29, 0.717) is 5.69 Å². The van der Waals surface area contributed by atoms with Gasteiger partial charge in [0.15, 0.2) is 6.21 Å². The van der Waals surface area contributed by atoms with E-state index in [9.17, 15) is 5.21 Å². The van der Waals surface area contributed by atoms with Crippen LogP contribution in [0.3, 0.4) is 0 Å². The zero-order valence-corrected chi connectivity index (χ0v) is 11.3. The Morgan fingerprint density at radius 3 is 2.33 bits per heavy atom. The molecule has 0 atom stereocenters. The minimum atomic E-state index is 0.687.